The number of piperazine rings is 1. The molecule has 1 aliphatic rings. The molecular formula is C13H17N3O4. The monoisotopic (exact) mass is 279 g/mol. The molecule has 0 radical (unpaired) electrons. The molecule has 108 valence electrons. The summed E-state index contributed by atoms with van der Waals surface area (Å²) in [6.07, 6.45) is 2.23. The molecule has 0 atom stereocenters. The Hall–Kier alpha value is -2.31. The van der Waals surface area contributed by atoms with Gasteiger partial charge in [0.2, 0.25) is 0 Å². The highest BCUT2D eigenvalue weighted by atomic mass is 16.6. The highest BCUT2D eigenvalue weighted by Crippen LogP contribution is 2.08. The first kappa shape index (κ1) is 14.1. The molecule has 0 aliphatic carbocycles. The molecule has 1 aliphatic heterocycles. The number of hydrogen-bond donors (Lipinski definition) is 0. The van der Waals surface area contributed by atoms with Crippen LogP contribution >= 0.6 is 0 Å². The lowest BCUT2D eigenvalue weighted by Gasteiger charge is -2.33. The van der Waals surface area contributed by atoms with Crippen molar-refractivity contribution in [1.29, 1.82) is 0 Å². The molecule has 20 heavy (non-hydrogen) atoms. The van der Waals surface area contributed by atoms with E-state index in [0.717, 1.165) is 0 Å². The second-order valence-corrected chi connectivity index (χ2v) is 4.43. The molecule has 0 aromatic carbocycles. The second-order valence-electron chi connectivity index (χ2n) is 4.43. The average Bonchev–Trinajstić information content (AvgIpc) is 2.47. The van der Waals surface area contributed by atoms with E-state index in [2.05, 4.69) is 0 Å². The van der Waals surface area contributed by atoms with E-state index in [1.807, 2.05) is 0 Å². The molecule has 0 bridgehead atoms. The smallest absolute Gasteiger partial charge is 0.409 e. The molecule has 0 spiro atoms. The minimum atomic E-state index is -0.350. The van der Waals surface area contributed by atoms with E-state index in [0.29, 0.717) is 43.1 Å². The lowest BCUT2D eigenvalue weighted by molar-refractivity contribution is -0.605. The van der Waals surface area contributed by atoms with E-state index in [1.54, 1.807) is 22.8 Å². The highest BCUT2D eigenvalue weighted by Gasteiger charge is 2.26. The van der Waals surface area contributed by atoms with E-state index in [1.165, 1.54) is 18.5 Å². The van der Waals surface area contributed by atoms with Gasteiger partial charge in [0, 0.05) is 32.2 Å². The van der Waals surface area contributed by atoms with Gasteiger partial charge in [0.25, 0.3) is 5.91 Å². The molecule has 0 unspecified atom stereocenters. The van der Waals surface area contributed by atoms with Gasteiger partial charge in [-0.2, -0.15) is 4.73 Å². The standard InChI is InChI=1S/C13H17N3O4/c1-2-20-13(18)15-8-6-14(7-9-15)12(17)11-4-3-5-16(19)10-11/h3-5,10H,2,6-9H2,1H3. The number of carbonyl (C=O) groups excluding carboxylic acids is 2. The minimum Gasteiger partial charge on any atom is -0.619 e. The number of hydrogen-bond acceptors (Lipinski definition) is 4. The molecule has 1 aromatic rings. The molecule has 1 aromatic heterocycles. The Balaban J connectivity index is 1.93. The Morgan fingerprint density at radius 1 is 1.30 bits per heavy atom. The molecule has 0 saturated carbocycles. The van der Waals surface area contributed by atoms with Crippen molar-refractivity contribution in [2.45, 2.75) is 6.92 Å². The predicted octanol–water partition coefficient (Wildman–Crippen LogP) is 0.234. The van der Waals surface area contributed by atoms with Crippen LogP contribution in [-0.4, -0.2) is 54.6 Å². The van der Waals surface area contributed by atoms with Gasteiger partial charge in [-0.15, -0.1) is 0 Å². The van der Waals surface area contributed by atoms with Crippen LogP contribution in [0.1, 0.15) is 17.3 Å². The SMILES string of the molecule is CCOC(=O)N1CCN(C(=O)c2ccc[n+]([O-])c2)CC1. The number of aromatic nitrogens is 1. The van der Waals surface area contributed by atoms with Crippen LogP contribution in [0, 0.1) is 5.21 Å². The fourth-order valence-electron chi connectivity index (χ4n) is 2.07. The zero-order valence-corrected chi connectivity index (χ0v) is 11.3. The molecular weight excluding hydrogens is 262 g/mol. The second kappa shape index (κ2) is 6.23. The summed E-state index contributed by atoms with van der Waals surface area (Å²) in [6.45, 7) is 3.84. The van der Waals surface area contributed by atoms with Crippen molar-refractivity contribution in [3.05, 3.63) is 35.3 Å². The third kappa shape index (κ3) is 3.17. The maximum Gasteiger partial charge on any atom is 0.409 e. The fraction of sp³-hybridized carbons (Fsp3) is 0.462. The number of amides is 2. The van der Waals surface area contributed by atoms with E-state index >= 15 is 0 Å². The van der Waals surface area contributed by atoms with Crippen molar-refractivity contribution in [1.82, 2.24) is 9.80 Å². The first-order valence-electron chi connectivity index (χ1n) is 6.51. The topological polar surface area (TPSA) is 76.8 Å². The molecule has 2 rings (SSSR count). The number of carbonyl (C=O) groups is 2. The van der Waals surface area contributed by atoms with Crippen molar-refractivity contribution in [2.75, 3.05) is 32.8 Å². The van der Waals surface area contributed by atoms with Gasteiger partial charge in [-0.05, 0) is 13.0 Å². The summed E-state index contributed by atoms with van der Waals surface area (Å²) in [7, 11) is 0. The molecule has 1 fully saturated rings. The van der Waals surface area contributed by atoms with Crippen LogP contribution in [0.3, 0.4) is 0 Å². The van der Waals surface area contributed by atoms with Crippen molar-refractivity contribution >= 4 is 12.0 Å². The number of pyridine rings is 1. The van der Waals surface area contributed by atoms with Crippen LogP contribution in [-0.2, 0) is 4.74 Å². The zero-order chi connectivity index (χ0) is 14.5. The van der Waals surface area contributed by atoms with Gasteiger partial charge in [0.1, 0.15) is 5.56 Å². The summed E-state index contributed by atoms with van der Waals surface area (Å²) < 4.78 is 5.52. The van der Waals surface area contributed by atoms with Gasteiger partial charge in [-0.1, -0.05) is 0 Å². The first-order chi connectivity index (χ1) is 9.61. The van der Waals surface area contributed by atoms with Gasteiger partial charge in [0.15, 0.2) is 12.4 Å². The van der Waals surface area contributed by atoms with Crippen molar-refractivity contribution in [2.24, 2.45) is 0 Å². The summed E-state index contributed by atoms with van der Waals surface area (Å²) >= 11 is 0. The summed E-state index contributed by atoms with van der Waals surface area (Å²) in [5, 5.41) is 11.2. The molecule has 1 saturated heterocycles. The van der Waals surface area contributed by atoms with Gasteiger partial charge in [-0.25, -0.2) is 4.79 Å². The maximum absolute atomic E-state index is 12.2. The Labute approximate surface area is 116 Å². The largest absolute Gasteiger partial charge is 0.619 e. The Morgan fingerprint density at radius 3 is 2.55 bits per heavy atom. The summed E-state index contributed by atoms with van der Waals surface area (Å²) in [6, 6.07) is 3.14. The molecule has 2 heterocycles. The third-order valence-corrected chi connectivity index (χ3v) is 3.11. The lowest BCUT2D eigenvalue weighted by Crippen LogP contribution is -2.51. The number of ether oxygens (including phenoxy) is 1. The maximum atomic E-state index is 12.2. The van der Waals surface area contributed by atoms with E-state index in [9.17, 15) is 14.8 Å². The van der Waals surface area contributed by atoms with Gasteiger partial charge >= 0.3 is 6.09 Å². The minimum absolute atomic E-state index is 0.196. The molecule has 7 heteroatoms. The average molecular weight is 279 g/mol. The van der Waals surface area contributed by atoms with Crippen molar-refractivity contribution in [3.8, 4) is 0 Å². The highest BCUT2D eigenvalue weighted by molar-refractivity contribution is 5.93. The van der Waals surface area contributed by atoms with Crippen LogP contribution < -0.4 is 4.73 Å². The Kier molecular flexibility index (Phi) is 4.39. The summed E-state index contributed by atoms with van der Waals surface area (Å²) in [4.78, 5) is 26.9. The van der Waals surface area contributed by atoms with Crippen LogP contribution in [0.2, 0.25) is 0 Å². The van der Waals surface area contributed by atoms with Crippen LogP contribution in [0.4, 0.5) is 4.79 Å². The third-order valence-electron chi connectivity index (χ3n) is 3.11. The van der Waals surface area contributed by atoms with Crippen LogP contribution in [0.15, 0.2) is 24.5 Å². The number of nitrogens with zero attached hydrogens (tertiary/aromatic N) is 3. The van der Waals surface area contributed by atoms with Crippen molar-refractivity contribution in [3.63, 3.8) is 0 Å². The van der Waals surface area contributed by atoms with Gasteiger partial charge < -0.3 is 19.7 Å². The van der Waals surface area contributed by atoms with Gasteiger partial charge in [-0.3, -0.25) is 4.79 Å². The quantitative estimate of drug-likeness (QED) is 0.574. The molecule has 7 nitrogen and oxygen atoms in total. The molecule has 0 N–H and O–H groups in total. The van der Waals surface area contributed by atoms with E-state index < -0.39 is 0 Å². The zero-order valence-electron chi connectivity index (χ0n) is 11.3. The fourth-order valence-corrected chi connectivity index (χ4v) is 2.07. The van der Waals surface area contributed by atoms with Crippen LogP contribution in [0.25, 0.3) is 0 Å². The normalized spacial score (nSPS) is 15.1. The lowest BCUT2D eigenvalue weighted by atomic mass is 10.2. The van der Waals surface area contributed by atoms with Gasteiger partial charge in [0.05, 0.1) is 6.61 Å². The summed E-state index contributed by atoms with van der Waals surface area (Å²) in [5.41, 5.74) is 0.354. The molecule has 2 amide bonds. The van der Waals surface area contributed by atoms with Crippen LogP contribution in [0.5, 0.6) is 0 Å². The van der Waals surface area contributed by atoms with E-state index in [-0.39, 0.29) is 12.0 Å². The predicted molar refractivity (Wildman–Crippen MR) is 69.9 cm³/mol. The Morgan fingerprint density at radius 2 is 1.95 bits per heavy atom. The first-order valence-corrected chi connectivity index (χ1v) is 6.51. The summed E-state index contributed by atoms with van der Waals surface area (Å²) in [5.74, 6) is -0.196. The Bertz CT molecular complexity index is 498. The van der Waals surface area contributed by atoms with Crippen molar-refractivity contribution < 1.29 is 19.1 Å². The number of rotatable bonds is 2. The van der Waals surface area contributed by atoms with E-state index in [4.69, 9.17) is 4.74 Å².